The molecule has 1 aliphatic rings. The number of hydrogen-bond donors (Lipinski definition) is 1. The van der Waals surface area contributed by atoms with Crippen LogP contribution in [0.2, 0.25) is 0 Å². The van der Waals surface area contributed by atoms with Gasteiger partial charge in [0.15, 0.2) is 0 Å². The van der Waals surface area contributed by atoms with Gasteiger partial charge in [0, 0.05) is 24.5 Å². The standard InChI is InChI=1S/C18H20N4OS/c1-22-7-8-23-14(11-22)10-19-17-15-9-16(13-5-3-2-4-6-13)24-18(15)21-12-20-17/h2-6,9,12,14H,7-8,10-11H2,1H3,(H,19,20,21)/t14-/m0/s1. The number of aromatic nitrogens is 2. The van der Waals surface area contributed by atoms with E-state index in [4.69, 9.17) is 4.74 Å². The fourth-order valence-electron chi connectivity index (χ4n) is 2.94. The van der Waals surface area contributed by atoms with E-state index < -0.39 is 0 Å². The second kappa shape index (κ2) is 6.84. The van der Waals surface area contributed by atoms with E-state index in [2.05, 4.69) is 57.6 Å². The Bertz CT molecular complexity index is 820. The van der Waals surface area contributed by atoms with Crippen LogP contribution in [0.5, 0.6) is 0 Å². The van der Waals surface area contributed by atoms with Crippen molar-refractivity contribution < 1.29 is 4.74 Å². The molecule has 2 aromatic heterocycles. The molecule has 3 aromatic rings. The molecule has 4 rings (SSSR count). The highest BCUT2D eigenvalue weighted by Gasteiger charge is 2.18. The molecular weight excluding hydrogens is 320 g/mol. The van der Waals surface area contributed by atoms with E-state index in [0.717, 1.165) is 42.3 Å². The highest BCUT2D eigenvalue weighted by molar-refractivity contribution is 7.21. The van der Waals surface area contributed by atoms with Crippen LogP contribution in [-0.2, 0) is 4.74 Å². The van der Waals surface area contributed by atoms with Gasteiger partial charge in [0.05, 0.1) is 18.1 Å². The van der Waals surface area contributed by atoms with Crippen LogP contribution in [0.3, 0.4) is 0 Å². The number of fused-ring (bicyclic) bond motifs is 1. The maximum Gasteiger partial charge on any atom is 0.138 e. The van der Waals surface area contributed by atoms with Gasteiger partial charge in [-0.05, 0) is 18.7 Å². The minimum Gasteiger partial charge on any atom is -0.374 e. The number of anilines is 1. The lowest BCUT2D eigenvalue weighted by molar-refractivity contribution is -0.0117. The smallest absolute Gasteiger partial charge is 0.138 e. The number of likely N-dealkylation sites (N-methyl/N-ethyl adjacent to an activating group) is 1. The highest BCUT2D eigenvalue weighted by atomic mass is 32.1. The Labute approximate surface area is 145 Å². The number of nitrogens with one attached hydrogen (secondary N) is 1. The number of hydrogen-bond acceptors (Lipinski definition) is 6. The van der Waals surface area contributed by atoms with Gasteiger partial charge in [0.2, 0.25) is 0 Å². The first-order valence-corrected chi connectivity index (χ1v) is 8.95. The largest absolute Gasteiger partial charge is 0.374 e. The van der Waals surface area contributed by atoms with Gasteiger partial charge in [-0.25, -0.2) is 9.97 Å². The fourth-order valence-corrected chi connectivity index (χ4v) is 3.95. The summed E-state index contributed by atoms with van der Waals surface area (Å²) in [5.74, 6) is 0.884. The first-order valence-electron chi connectivity index (χ1n) is 8.13. The van der Waals surface area contributed by atoms with Crippen molar-refractivity contribution >= 4 is 27.4 Å². The maximum atomic E-state index is 5.81. The minimum absolute atomic E-state index is 0.195. The Morgan fingerprint density at radius 3 is 3.00 bits per heavy atom. The van der Waals surface area contributed by atoms with Crippen LogP contribution >= 0.6 is 11.3 Å². The van der Waals surface area contributed by atoms with Gasteiger partial charge >= 0.3 is 0 Å². The Balaban J connectivity index is 1.56. The Morgan fingerprint density at radius 1 is 1.29 bits per heavy atom. The van der Waals surface area contributed by atoms with Crippen molar-refractivity contribution in [1.82, 2.24) is 14.9 Å². The highest BCUT2D eigenvalue weighted by Crippen LogP contribution is 2.34. The molecular formula is C18H20N4OS. The van der Waals surface area contributed by atoms with E-state index in [1.54, 1.807) is 17.7 Å². The minimum atomic E-state index is 0.195. The molecule has 1 fully saturated rings. The normalized spacial score (nSPS) is 18.8. The van der Waals surface area contributed by atoms with Crippen molar-refractivity contribution in [2.75, 3.05) is 38.6 Å². The first kappa shape index (κ1) is 15.5. The molecule has 124 valence electrons. The van der Waals surface area contributed by atoms with Crippen molar-refractivity contribution in [1.29, 1.82) is 0 Å². The average molecular weight is 340 g/mol. The van der Waals surface area contributed by atoms with Gasteiger partial charge < -0.3 is 15.0 Å². The van der Waals surface area contributed by atoms with Gasteiger partial charge in [0.25, 0.3) is 0 Å². The van der Waals surface area contributed by atoms with Crippen LogP contribution in [-0.4, -0.2) is 54.3 Å². The third-order valence-corrected chi connectivity index (χ3v) is 5.32. The van der Waals surface area contributed by atoms with Gasteiger partial charge in [-0.15, -0.1) is 11.3 Å². The summed E-state index contributed by atoms with van der Waals surface area (Å²) in [6.07, 6.45) is 1.82. The lowest BCUT2D eigenvalue weighted by atomic mass is 10.2. The SMILES string of the molecule is CN1CCO[C@@H](CNc2ncnc3sc(-c4ccccc4)cc23)C1. The molecule has 3 heterocycles. The zero-order valence-electron chi connectivity index (χ0n) is 13.6. The van der Waals surface area contributed by atoms with Crippen molar-refractivity contribution in [3.05, 3.63) is 42.7 Å². The van der Waals surface area contributed by atoms with Crippen LogP contribution in [0, 0.1) is 0 Å². The fraction of sp³-hybridized carbons (Fsp3) is 0.333. The molecule has 1 aromatic carbocycles. The number of ether oxygens (including phenoxy) is 1. The lowest BCUT2D eigenvalue weighted by Gasteiger charge is -2.30. The number of benzene rings is 1. The quantitative estimate of drug-likeness (QED) is 0.791. The summed E-state index contributed by atoms with van der Waals surface area (Å²) >= 11 is 1.70. The second-order valence-electron chi connectivity index (χ2n) is 6.05. The van der Waals surface area contributed by atoms with Crippen LogP contribution in [0.25, 0.3) is 20.7 Å². The van der Waals surface area contributed by atoms with E-state index in [9.17, 15) is 0 Å². The van der Waals surface area contributed by atoms with Crippen molar-refractivity contribution in [3.63, 3.8) is 0 Å². The van der Waals surface area contributed by atoms with E-state index in [1.165, 1.54) is 10.4 Å². The number of nitrogens with zero attached hydrogens (tertiary/aromatic N) is 3. The average Bonchev–Trinajstić information content (AvgIpc) is 3.06. The number of rotatable bonds is 4. The molecule has 1 atom stereocenters. The van der Waals surface area contributed by atoms with Crippen LogP contribution in [0.4, 0.5) is 5.82 Å². The van der Waals surface area contributed by atoms with Crippen LogP contribution in [0.15, 0.2) is 42.7 Å². The lowest BCUT2D eigenvalue weighted by Crippen LogP contribution is -2.43. The van der Waals surface area contributed by atoms with Crippen LogP contribution in [0.1, 0.15) is 0 Å². The van der Waals surface area contributed by atoms with Crippen molar-refractivity contribution in [2.45, 2.75) is 6.10 Å². The molecule has 0 bridgehead atoms. The predicted molar refractivity (Wildman–Crippen MR) is 98.6 cm³/mol. The molecule has 0 amide bonds. The summed E-state index contributed by atoms with van der Waals surface area (Å²) < 4.78 is 5.81. The monoisotopic (exact) mass is 340 g/mol. The van der Waals surface area contributed by atoms with Gasteiger partial charge in [0.1, 0.15) is 17.0 Å². The molecule has 1 saturated heterocycles. The summed E-state index contributed by atoms with van der Waals surface area (Å²) in [6, 6.07) is 12.6. The third kappa shape index (κ3) is 3.26. The van der Waals surface area contributed by atoms with Crippen molar-refractivity contribution in [2.24, 2.45) is 0 Å². The topological polar surface area (TPSA) is 50.3 Å². The van der Waals surface area contributed by atoms with E-state index in [-0.39, 0.29) is 6.10 Å². The summed E-state index contributed by atoms with van der Waals surface area (Å²) in [7, 11) is 2.13. The number of morpholine rings is 1. The van der Waals surface area contributed by atoms with E-state index in [0.29, 0.717) is 0 Å². The first-order chi connectivity index (χ1) is 11.8. The third-order valence-electron chi connectivity index (χ3n) is 4.23. The Hall–Kier alpha value is -2.02. The molecule has 0 unspecified atom stereocenters. The van der Waals surface area contributed by atoms with E-state index in [1.807, 2.05) is 6.07 Å². The van der Waals surface area contributed by atoms with E-state index >= 15 is 0 Å². The summed E-state index contributed by atoms with van der Waals surface area (Å²) in [6.45, 7) is 3.49. The Kier molecular flexibility index (Phi) is 4.42. The molecule has 5 nitrogen and oxygen atoms in total. The molecule has 0 saturated carbocycles. The molecule has 0 radical (unpaired) electrons. The molecule has 0 aliphatic carbocycles. The van der Waals surface area contributed by atoms with Gasteiger partial charge in [-0.3, -0.25) is 0 Å². The van der Waals surface area contributed by atoms with Gasteiger partial charge in [-0.1, -0.05) is 30.3 Å². The summed E-state index contributed by atoms with van der Waals surface area (Å²) in [5.41, 5.74) is 1.21. The maximum absolute atomic E-state index is 5.81. The zero-order valence-corrected chi connectivity index (χ0v) is 14.4. The predicted octanol–water partition coefficient (Wildman–Crippen LogP) is 3.10. The second-order valence-corrected chi connectivity index (χ2v) is 7.08. The van der Waals surface area contributed by atoms with Crippen LogP contribution < -0.4 is 5.32 Å². The summed E-state index contributed by atoms with van der Waals surface area (Å²) in [4.78, 5) is 13.4. The van der Waals surface area contributed by atoms with Crippen molar-refractivity contribution in [3.8, 4) is 10.4 Å². The van der Waals surface area contributed by atoms with Gasteiger partial charge in [-0.2, -0.15) is 0 Å². The molecule has 1 N–H and O–H groups in total. The molecule has 6 heteroatoms. The summed E-state index contributed by atoms with van der Waals surface area (Å²) in [5, 5.41) is 4.52. The molecule has 24 heavy (non-hydrogen) atoms. The molecule has 1 aliphatic heterocycles. The number of thiophene rings is 1. The molecule has 0 spiro atoms. The Morgan fingerprint density at radius 2 is 2.17 bits per heavy atom. The zero-order chi connectivity index (χ0) is 16.4.